The van der Waals surface area contributed by atoms with Gasteiger partial charge in [-0.25, -0.2) is 4.79 Å². The van der Waals surface area contributed by atoms with Gasteiger partial charge < -0.3 is 19.3 Å². The zero-order valence-corrected chi connectivity index (χ0v) is 4.36. The summed E-state index contributed by atoms with van der Waals surface area (Å²) in [6.45, 7) is 0.0165. The van der Waals surface area contributed by atoms with E-state index in [1.807, 2.05) is 0 Å². The van der Waals surface area contributed by atoms with E-state index in [4.69, 9.17) is 5.11 Å². The molecule has 0 unspecified atom stereocenters. The maximum atomic E-state index is 9.76. The first kappa shape index (κ1) is 5.74. The Morgan fingerprint density at radius 1 is 1.89 bits per heavy atom. The number of hydrogen-bond acceptors (Lipinski definition) is 4. The van der Waals surface area contributed by atoms with Crippen molar-refractivity contribution in [1.82, 2.24) is 0 Å². The molecule has 0 aromatic rings. The topological polar surface area (TPSA) is 65.0 Å². The van der Waals surface area contributed by atoms with Gasteiger partial charge in [0, 0.05) is 0 Å². The van der Waals surface area contributed by atoms with Gasteiger partial charge >= 0.3 is 12.1 Å². The third kappa shape index (κ3) is 1.52. The summed E-state index contributed by atoms with van der Waals surface area (Å²) in [7, 11) is 0. The van der Waals surface area contributed by atoms with Gasteiger partial charge in [-0.3, -0.25) is 0 Å². The molecule has 0 aromatic carbocycles. The van der Waals surface area contributed by atoms with E-state index in [1.165, 1.54) is 0 Å². The predicted octanol–water partition coefficient (Wildman–Crippen LogP) is 0.484. The smallest absolute Gasteiger partial charge is 0.458 e. The minimum absolute atomic E-state index is 0.0165. The Kier molecular flexibility index (Phi) is 1.44. The van der Waals surface area contributed by atoms with Crippen molar-refractivity contribution < 1.29 is 24.1 Å². The molecule has 0 bridgehead atoms. The van der Waals surface area contributed by atoms with E-state index in [1.54, 1.807) is 0 Å². The molecular formula is C4H4O5. The van der Waals surface area contributed by atoms with Crippen LogP contribution in [0.1, 0.15) is 0 Å². The molecule has 0 aromatic heterocycles. The zero-order chi connectivity index (χ0) is 6.69. The number of rotatable bonds is 1. The van der Waals surface area contributed by atoms with Gasteiger partial charge in [-0.2, -0.15) is 0 Å². The van der Waals surface area contributed by atoms with E-state index >= 15 is 0 Å². The molecule has 0 fully saturated rings. The molecule has 50 valence electrons. The maximum Gasteiger partial charge on any atom is 0.513 e. The number of ether oxygens (including phenoxy) is 3. The second-order valence-electron chi connectivity index (χ2n) is 1.23. The van der Waals surface area contributed by atoms with Crippen molar-refractivity contribution in [2.75, 3.05) is 6.79 Å². The second kappa shape index (κ2) is 2.25. The van der Waals surface area contributed by atoms with Crippen LogP contribution in [0, 0.1) is 0 Å². The SMILES string of the molecule is O=C(O)OC1=COCO1. The van der Waals surface area contributed by atoms with E-state index < -0.39 is 6.16 Å². The van der Waals surface area contributed by atoms with Gasteiger partial charge in [0.2, 0.25) is 6.79 Å². The molecule has 0 saturated heterocycles. The fourth-order valence-corrected chi connectivity index (χ4v) is 0.368. The first-order chi connectivity index (χ1) is 4.29. The summed E-state index contributed by atoms with van der Waals surface area (Å²) < 4.78 is 13.0. The van der Waals surface area contributed by atoms with Crippen LogP contribution in [0.2, 0.25) is 0 Å². The largest absolute Gasteiger partial charge is 0.513 e. The Morgan fingerprint density at radius 2 is 2.67 bits per heavy atom. The molecule has 1 rings (SSSR count). The van der Waals surface area contributed by atoms with Gasteiger partial charge in [-0.1, -0.05) is 0 Å². The van der Waals surface area contributed by atoms with E-state index in [0.717, 1.165) is 6.26 Å². The normalized spacial score (nSPS) is 15.3. The molecule has 0 amide bonds. The highest BCUT2D eigenvalue weighted by molar-refractivity contribution is 5.58. The predicted molar refractivity (Wildman–Crippen MR) is 24.2 cm³/mol. The molecule has 1 heterocycles. The van der Waals surface area contributed by atoms with Crippen molar-refractivity contribution in [1.29, 1.82) is 0 Å². The third-order valence-electron chi connectivity index (χ3n) is 0.637. The van der Waals surface area contributed by atoms with Crippen LogP contribution in [-0.2, 0) is 14.2 Å². The molecule has 0 saturated carbocycles. The van der Waals surface area contributed by atoms with E-state index in [0.29, 0.717) is 0 Å². The molecule has 5 nitrogen and oxygen atoms in total. The van der Waals surface area contributed by atoms with Crippen molar-refractivity contribution in [3.8, 4) is 0 Å². The summed E-state index contributed by atoms with van der Waals surface area (Å²) in [6.07, 6.45) is -0.319. The maximum absolute atomic E-state index is 9.76. The molecule has 5 heteroatoms. The first-order valence-electron chi connectivity index (χ1n) is 2.14. The van der Waals surface area contributed by atoms with Crippen LogP contribution in [0.5, 0.6) is 0 Å². The summed E-state index contributed by atoms with van der Waals surface area (Å²) in [5, 5.41) is 7.98. The standard InChI is InChI=1S/C4H4O5/c5-4(6)9-3-1-7-2-8-3/h1H,2H2,(H,5,6). The second-order valence-corrected chi connectivity index (χ2v) is 1.23. The molecule has 0 aliphatic carbocycles. The van der Waals surface area contributed by atoms with Gasteiger partial charge in [-0.15, -0.1) is 0 Å². The quantitative estimate of drug-likeness (QED) is 0.526. The average molecular weight is 132 g/mol. The molecular weight excluding hydrogens is 128 g/mol. The fourth-order valence-electron chi connectivity index (χ4n) is 0.368. The zero-order valence-electron chi connectivity index (χ0n) is 4.36. The molecule has 0 atom stereocenters. The lowest BCUT2D eigenvalue weighted by Gasteiger charge is -1.95. The van der Waals surface area contributed by atoms with Crippen LogP contribution < -0.4 is 0 Å². The van der Waals surface area contributed by atoms with Crippen LogP contribution in [-0.4, -0.2) is 18.1 Å². The fraction of sp³-hybridized carbons (Fsp3) is 0.250. The van der Waals surface area contributed by atoms with Gasteiger partial charge in [-0.05, 0) is 0 Å². The van der Waals surface area contributed by atoms with Crippen molar-refractivity contribution >= 4 is 6.16 Å². The van der Waals surface area contributed by atoms with Crippen LogP contribution in [0.4, 0.5) is 4.79 Å². The highest BCUT2D eigenvalue weighted by atomic mass is 16.8. The van der Waals surface area contributed by atoms with Gasteiger partial charge in [0.05, 0.1) is 0 Å². The summed E-state index contributed by atoms with van der Waals surface area (Å²) >= 11 is 0. The lowest BCUT2D eigenvalue weighted by atomic mass is 11.0. The van der Waals surface area contributed by atoms with Crippen molar-refractivity contribution in [2.24, 2.45) is 0 Å². The van der Waals surface area contributed by atoms with E-state index in [9.17, 15) is 4.79 Å². The van der Waals surface area contributed by atoms with E-state index in [-0.39, 0.29) is 12.7 Å². The lowest BCUT2D eigenvalue weighted by molar-refractivity contribution is 0.0150. The lowest BCUT2D eigenvalue weighted by Crippen LogP contribution is -1.99. The minimum Gasteiger partial charge on any atom is -0.458 e. The Hall–Kier alpha value is -1.39. The van der Waals surface area contributed by atoms with Crippen LogP contribution >= 0.6 is 0 Å². The van der Waals surface area contributed by atoms with Gasteiger partial charge in [0.15, 0.2) is 6.26 Å². The van der Waals surface area contributed by atoms with Crippen molar-refractivity contribution in [3.05, 3.63) is 12.2 Å². The summed E-state index contributed by atoms with van der Waals surface area (Å²) in [5.74, 6) is -0.123. The Bertz CT molecular complexity index is 149. The molecule has 9 heavy (non-hydrogen) atoms. The third-order valence-corrected chi connectivity index (χ3v) is 0.637. The van der Waals surface area contributed by atoms with Crippen LogP contribution in [0.3, 0.4) is 0 Å². The van der Waals surface area contributed by atoms with Crippen LogP contribution in [0.15, 0.2) is 12.2 Å². The summed E-state index contributed by atoms with van der Waals surface area (Å²) in [6, 6.07) is 0. The number of hydrogen-bond donors (Lipinski definition) is 1. The van der Waals surface area contributed by atoms with E-state index in [2.05, 4.69) is 14.2 Å². The highest BCUT2D eigenvalue weighted by Crippen LogP contribution is 2.06. The monoisotopic (exact) mass is 132 g/mol. The Labute approximate surface area is 50.4 Å². The Morgan fingerprint density at radius 3 is 3.11 bits per heavy atom. The first-order valence-corrected chi connectivity index (χ1v) is 2.14. The van der Waals surface area contributed by atoms with Gasteiger partial charge in [0.1, 0.15) is 0 Å². The molecule has 1 aliphatic heterocycles. The molecule has 0 spiro atoms. The summed E-state index contributed by atoms with van der Waals surface area (Å²) in [5.41, 5.74) is 0. The number of carboxylic acid groups (broad SMARTS) is 1. The molecule has 1 N–H and O–H groups in total. The van der Waals surface area contributed by atoms with Gasteiger partial charge in [0.25, 0.3) is 0 Å². The molecule has 1 aliphatic rings. The molecule has 0 radical (unpaired) electrons. The van der Waals surface area contributed by atoms with Crippen LogP contribution in [0.25, 0.3) is 0 Å². The van der Waals surface area contributed by atoms with Crippen molar-refractivity contribution in [3.63, 3.8) is 0 Å². The highest BCUT2D eigenvalue weighted by Gasteiger charge is 2.10. The average Bonchev–Trinajstić information content (AvgIpc) is 2.15. The number of carbonyl (C=O) groups is 1. The Balaban J connectivity index is 2.35. The van der Waals surface area contributed by atoms with Crippen molar-refractivity contribution in [2.45, 2.75) is 0 Å². The summed E-state index contributed by atoms with van der Waals surface area (Å²) in [4.78, 5) is 9.76. The minimum atomic E-state index is -1.41.